The number of ether oxygens (including phenoxy) is 1. The van der Waals surface area contributed by atoms with Crippen molar-refractivity contribution in [3.63, 3.8) is 0 Å². The van der Waals surface area contributed by atoms with Crippen molar-refractivity contribution < 1.29 is 13.2 Å². The summed E-state index contributed by atoms with van der Waals surface area (Å²) in [6, 6.07) is 5.19. The molecule has 0 radical (unpaired) electrons. The molecule has 1 aliphatic carbocycles. The van der Waals surface area contributed by atoms with Gasteiger partial charge in [0.2, 0.25) is 0 Å². The first kappa shape index (κ1) is 13.2. The molecule has 0 spiro atoms. The molecule has 1 aromatic rings. The number of amidine groups is 1. The molecule has 1 fully saturated rings. The maximum Gasteiger partial charge on any atom is 0.344 e. The minimum Gasteiger partial charge on any atom is -0.489 e. The van der Waals surface area contributed by atoms with Crippen LogP contribution < -0.4 is 15.2 Å². The van der Waals surface area contributed by atoms with Gasteiger partial charge < -0.3 is 10.5 Å². The molecule has 0 saturated heterocycles. The fraction of sp³-hybridized carbons (Fsp3) is 0.462. The van der Waals surface area contributed by atoms with Gasteiger partial charge in [-0.25, -0.2) is 0 Å². The first-order valence-corrected chi connectivity index (χ1v) is 8.08. The first-order chi connectivity index (χ1) is 9.46. The Morgan fingerprint density at radius 2 is 2.20 bits per heavy atom. The second-order valence-electron chi connectivity index (χ2n) is 5.30. The Bertz CT molecular complexity index is 669. The Morgan fingerprint density at radius 3 is 2.90 bits per heavy atom. The molecule has 0 aromatic heterocycles. The van der Waals surface area contributed by atoms with Crippen molar-refractivity contribution in [3.05, 3.63) is 23.8 Å². The molecule has 3 N–H and O–H groups in total. The highest BCUT2D eigenvalue weighted by Crippen LogP contribution is 2.35. The molecule has 20 heavy (non-hydrogen) atoms. The summed E-state index contributed by atoms with van der Waals surface area (Å²) in [7, 11) is -3.74. The summed E-state index contributed by atoms with van der Waals surface area (Å²) in [5.41, 5.74) is 6.73. The summed E-state index contributed by atoms with van der Waals surface area (Å²) >= 11 is 0. The third-order valence-corrected chi connectivity index (χ3v) is 4.72. The molecule has 1 saturated carbocycles. The van der Waals surface area contributed by atoms with E-state index in [2.05, 4.69) is 16.0 Å². The van der Waals surface area contributed by atoms with Crippen LogP contribution in [-0.4, -0.2) is 20.4 Å². The molecule has 2 atom stereocenters. The van der Waals surface area contributed by atoms with Crippen LogP contribution in [0.5, 0.6) is 5.75 Å². The van der Waals surface area contributed by atoms with Gasteiger partial charge in [0.1, 0.15) is 11.9 Å². The van der Waals surface area contributed by atoms with Crippen molar-refractivity contribution >= 4 is 21.7 Å². The lowest BCUT2D eigenvalue weighted by Crippen LogP contribution is -2.28. The maximum atomic E-state index is 11.5. The lowest BCUT2D eigenvalue weighted by Gasteiger charge is -2.23. The first-order valence-electron chi connectivity index (χ1n) is 6.64. The normalized spacial score (nSPS) is 27.4. The van der Waals surface area contributed by atoms with Crippen molar-refractivity contribution in [2.45, 2.75) is 32.3 Å². The van der Waals surface area contributed by atoms with Gasteiger partial charge in [-0.2, -0.15) is 8.42 Å². The van der Waals surface area contributed by atoms with E-state index in [4.69, 9.17) is 10.5 Å². The second-order valence-corrected chi connectivity index (χ2v) is 6.63. The number of anilines is 1. The lowest BCUT2D eigenvalue weighted by molar-refractivity contribution is 0.167. The molecular weight excluding hydrogens is 278 g/mol. The lowest BCUT2D eigenvalue weighted by atomic mass is 10.1. The number of nitrogens with one attached hydrogen (secondary N) is 1. The van der Waals surface area contributed by atoms with Crippen LogP contribution >= 0.6 is 0 Å². The summed E-state index contributed by atoms with van der Waals surface area (Å²) in [6.07, 6.45) is 3.45. The van der Waals surface area contributed by atoms with E-state index in [-0.39, 0.29) is 11.9 Å². The quantitative estimate of drug-likeness (QED) is 0.867. The molecule has 6 nitrogen and oxygen atoms in total. The van der Waals surface area contributed by atoms with E-state index in [0.29, 0.717) is 22.9 Å². The molecule has 1 heterocycles. The molecule has 1 aliphatic heterocycles. The smallest absolute Gasteiger partial charge is 0.344 e. The van der Waals surface area contributed by atoms with Gasteiger partial charge in [-0.1, -0.05) is 13.0 Å². The monoisotopic (exact) mass is 295 g/mol. The predicted molar refractivity (Wildman–Crippen MR) is 77.1 cm³/mol. The highest BCUT2D eigenvalue weighted by Gasteiger charge is 2.29. The van der Waals surface area contributed by atoms with Crippen molar-refractivity contribution in [2.75, 3.05) is 4.72 Å². The Labute approximate surface area is 118 Å². The Morgan fingerprint density at radius 1 is 1.40 bits per heavy atom. The highest BCUT2D eigenvalue weighted by atomic mass is 32.2. The van der Waals surface area contributed by atoms with Gasteiger partial charge in [-0.05, 0) is 37.3 Å². The van der Waals surface area contributed by atoms with Crippen molar-refractivity contribution in [3.8, 4) is 5.75 Å². The van der Waals surface area contributed by atoms with Gasteiger partial charge >= 0.3 is 10.2 Å². The maximum absolute atomic E-state index is 11.5. The summed E-state index contributed by atoms with van der Waals surface area (Å²) in [4.78, 5) is 0. The predicted octanol–water partition coefficient (Wildman–Crippen LogP) is 1.63. The zero-order valence-electron chi connectivity index (χ0n) is 11.2. The molecular formula is C13H17N3O3S. The SMILES string of the molecule is C[C@@H]1CCC[C@H]1Oc1cccc2c1C(N)=NS(=O)(=O)N2. The van der Waals surface area contributed by atoms with E-state index in [1.807, 2.05) is 0 Å². The fourth-order valence-electron chi connectivity index (χ4n) is 2.77. The van der Waals surface area contributed by atoms with Crippen LogP contribution in [0.3, 0.4) is 0 Å². The van der Waals surface area contributed by atoms with Crippen molar-refractivity contribution in [1.29, 1.82) is 0 Å². The summed E-state index contributed by atoms with van der Waals surface area (Å²) in [5.74, 6) is 1.05. The van der Waals surface area contributed by atoms with E-state index in [1.54, 1.807) is 18.2 Å². The molecule has 1 aromatic carbocycles. The molecule has 2 aliphatic rings. The van der Waals surface area contributed by atoms with Crippen LogP contribution in [0.15, 0.2) is 22.6 Å². The van der Waals surface area contributed by atoms with Crippen molar-refractivity contribution in [2.24, 2.45) is 16.0 Å². The minimum absolute atomic E-state index is 0.0278. The van der Waals surface area contributed by atoms with Gasteiger partial charge in [0.05, 0.1) is 11.3 Å². The minimum atomic E-state index is -3.74. The fourth-order valence-corrected chi connectivity index (χ4v) is 3.61. The van der Waals surface area contributed by atoms with E-state index in [1.165, 1.54) is 0 Å². The molecule has 7 heteroatoms. The number of hydrogen-bond donors (Lipinski definition) is 2. The van der Waals surface area contributed by atoms with E-state index < -0.39 is 10.2 Å². The number of nitrogens with zero attached hydrogens (tertiary/aromatic N) is 1. The van der Waals surface area contributed by atoms with E-state index in [9.17, 15) is 8.42 Å². The topological polar surface area (TPSA) is 93.8 Å². The molecule has 0 bridgehead atoms. The summed E-state index contributed by atoms with van der Waals surface area (Å²) in [6.45, 7) is 2.16. The summed E-state index contributed by atoms with van der Waals surface area (Å²) < 4.78 is 34.9. The number of hydrogen-bond acceptors (Lipinski definition) is 4. The van der Waals surface area contributed by atoms with Gasteiger partial charge in [-0.3, -0.25) is 4.72 Å². The Kier molecular flexibility index (Phi) is 3.08. The average Bonchev–Trinajstić information content (AvgIpc) is 2.73. The van der Waals surface area contributed by atoms with Crippen LogP contribution in [0, 0.1) is 5.92 Å². The van der Waals surface area contributed by atoms with Crippen LogP contribution in [0.25, 0.3) is 0 Å². The van der Waals surface area contributed by atoms with Crippen molar-refractivity contribution in [1.82, 2.24) is 0 Å². The van der Waals surface area contributed by atoms with Crippen LogP contribution in [0.1, 0.15) is 31.7 Å². The third kappa shape index (κ3) is 2.33. The summed E-state index contributed by atoms with van der Waals surface area (Å²) in [5, 5.41) is 0. The zero-order chi connectivity index (χ0) is 14.3. The van der Waals surface area contributed by atoms with E-state index >= 15 is 0 Å². The van der Waals surface area contributed by atoms with Gasteiger partial charge in [0.25, 0.3) is 0 Å². The molecule has 0 amide bonds. The number of rotatable bonds is 2. The standard InChI is InChI=1S/C13H17N3O3S/c1-8-4-2-6-10(8)19-11-7-3-5-9-12(11)13(14)16-20(17,18)15-9/h3,5,7-8,10,15H,2,4,6H2,1H3,(H2,14,16)/t8-,10-/m1/s1. The molecule has 0 unspecified atom stereocenters. The Balaban J connectivity index is 1.98. The van der Waals surface area contributed by atoms with Crippen LogP contribution in [0.4, 0.5) is 5.69 Å². The number of benzene rings is 1. The van der Waals surface area contributed by atoms with Gasteiger partial charge in [-0.15, -0.1) is 4.40 Å². The average molecular weight is 295 g/mol. The highest BCUT2D eigenvalue weighted by molar-refractivity contribution is 7.91. The molecule has 3 rings (SSSR count). The molecule has 108 valence electrons. The van der Waals surface area contributed by atoms with Crippen LogP contribution in [0.2, 0.25) is 0 Å². The second kappa shape index (κ2) is 4.66. The zero-order valence-corrected chi connectivity index (χ0v) is 12.0. The Hall–Kier alpha value is -1.76. The van der Waals surface area contributed by atoms with Gasteiger partial charge in [0, 0.05) is 0 Å². The number of fused-ring (bicyclic) bond motifs is 1. The van der Waals surface area contributed by atoms with Crippen LogP contribution in [-0.2, 0) is 10.2 Å². The third-order valence-electron chi connectivity index (χ3n) is 3.80. The van der Waals surface area contributed by atoms with Gasteiger partial charge in [0.15, 0.2) is 5.84 Å². The van der Waals surface area contributed by atoms with E-state index in [0.717, 1.165) is 19.3 Å². The largest absolute Gasteiger partial charge is 0.489 e. The number of nitrogens with two attached hydrogens (primary N) is 1.